The van der Waals surface area contributed by atoms with Crippen molar-refractivity contribution in [1.29, 1.82) is 0 Å². The van der Waals surface area contributed by atoms with Crippen LogP contribution in [0.5, 0.6) is 5.75 Å². The molecule has 1 nitrogen and oxygen atoms in total. The largest absolute Gasteiger partial charge is 0.461 e. The third-order valence-corrected chi connectivity index (χ3v) is 3.28. The summed E-state index contributed by atoms with van der Waals surface area (Å²) < 4.78 is 45.8. The first kappa shape index (κ1) is 14.3. The Bertz CT molecular complexity index is 766. The average molecular weight is 300 g/mol. The van der Waals surface area contributed by atoms with E-state index in [1.807, 2.05) is 0 Å². The van der Waals surface area contributed by atoms with Crippen molar-refractivity contribution in [2.24, 2.45) is 0 Å². The van der Waals surface area contributed by atoms with Gasteiger partial charge in [0, 0.05) is 11.1 Å². The fourth-order valence-corrected chi connectivity index (χ4v) is 2.10. The Kier molecular flexibility index (Phi) is 3.42. The molecule has 0 fully saturated rings. The normalized spacial score (nSPS) is 19.6. The lowest BCUT2D eigenvalue weighted by atomic mass is 9.97. The van der Waals surface area contributed by atoms with Gasteiger partial charge in [-0.3, -0.25) is 0 Å². The van der Waals surface area contributed by atoms with E-state index in [1.165, 1.54) is 12.1 Å². The first-order valence-electron chi connectivity index (χ1n) is 6.62. The third-order valence-electron chi connectivity index (χ3n) is 3.28. The fraction of sp³-hybridized carbons (Fsp3) is 0.111. The summed E-state index contributed by atoms with van der Waals surface area (Å²) in [6.45, 7) is 0. The van der Waals surface area contributed by atoms with Crippen molar-refractivity contribution in [2.75, 3.05) is 0 Å². The van der Waals surface area contributed by atoms with Gasteiger partial charge >= 0.3 is 6.18 Å². The molecule has 0 aliphatic carbocycles. The van der Waals surface area contributed by atoms with Gasteiger partial charge in [-0.15, -0.1) is 0 Å². The summed E-state index contributed by atoms with van der Waals surface area (Å²) in [7, 11) is 0. The monoisotopic (exact) mass is 300 g/mol. The molecule has 1 unspecified atom stereocenters. The molecular formula is C18H11F3O. The van der Waals surface area contributed by atoms with Gasteiger partial charge < -0.3 is 4.74 Å². The molecule has 2 aromatic rings. The van der Waals surface area contributed by atoms with E-state index in [0.717, 1.165) is 6.08 Å². The standard InChI is InChI=1S/C18H11F3O/c19-18(20,21)17(12-10-14-6-2-1-3-7-14)13-11-15-8-4-5-9-16(15)22-17/h1-9,11,13H. The van der Waals surface area contributed by atoms with Gasteiger partial charge in [0.05, 0.1) is 0 Å². The summed E-state index contributed by atoms with van der Waals surface area (Å²) in [5.41, 5.74) is -1.53. The van der Waals surface area contributed by atoms with Crippen LogP contribution >= 0.6 is 0 Å². The molecule has 110 valence electrons. The summed E-state index contributed by atoms with van der Waals surface area (Å²) in [4.78, 5) is 0. The lowest BCUT2D eigenvalue weighted by Crippen LogP contribution is -2.48. The maximum absolute atomic E-state index is 13.5. The summed E-state index contributed by atoms with van der Waals surface area (Å²) in [5.74, 6) is 4.97. The van der Waals surface area contributed by atoms with Crippen LogP contribution in [0, 0.1) is 11.8 Å². The number of benzene rings is 2. The lowest BCUT2D eigenvalue weighted by Gasteiger charge is -2.32. The van der Waals surface area contributed by atoms with Crippen LogP contribution in [-0.2, 0) is 0 Å². The van der Waals surface area contributed by atoms with E-state index in [2.05, 4.69) is 11.8 Å². The predicted octanol–water partition coefficient (Wildman–Crippen LogP) is 4.45. The van der Waals surface area contributed by atoms with Gasteiger partial charge in [-0.05, 0) is 36.3 Å². The van der Waals surface area contributed by atoms with E-state index in [1.54, 1.807) is 48.5 Å². The zero-order chi connectivity index (χ0) is 15.6. The number of rotatable bonds is 0. The number of ether oxygens (including phenoxy) is 1. The van der Waals surface area contributed by atoms with Gasteiger partial charge in [0.2, 0.25) is 0 Å². The van der Waals surface area contributed by atoms with Crippen LogP contribution in [0.25, 0.3) is 6.08 Å². The van der Waals surface area contributed by atoms with Crippen LogP contribution in [0.15, 0.2) is 60.7 Å². The molecule has 2 aromatic carbocycles. The number of alkyl halides is 3. The minimum Gasteiger partial charge on any atom is -0.461 e. The second kappa shape index (κ2) is 5.27. The van der Waals surface area contributed by atoms with E-state index in [9.17, 15) is 13.2 Å². The van der Waals surface area contributed by atoms with E-state index >= 15 is 0 Å². The highest BCUT2D eigenvalue weighted by Crippen LogP contribution is 2.40. The van der Waals surface area contributed by atoms with Crippen LogP contribution in [0.2, 0.25) is 0 Å². The van der Waals surface area contributed by atoms with Crippen LogP contribution in [0.4, 0.5) is 13.2 Å². The summed E-state index contributed by atoms with van der Waals surface area (Å²) in [6, 6.07) is 15.1. The molecule has 4 heteroatoms. The molecule has 0 saturated carbocycles. The Hall–Kier alpha value is -2.67. The molecule has 3 rings (SSSR count). The van der Waals surface area contributed by atoms with Crippen LogP contribution in [-0.4, -0.2) is 11.8 Å². The van der Waals surface area contributed by atoms with E-state index < -0.39 is 11.8 Å². The molecule has 1 aliphatic heterocycles. The van der Waals surface area contributed by atoms with Crippen molar-refractivity contribution in [3.8, 4) is 17.6 Å². The summed E-state index contributed by atoms with van der Waals surface area (Å²) >= 11 is 0. The molecule has 0 saturated heterocycles. The zero-order valence-electron chi connectivity index (χ0n) is 11.4. The number of halogens is 3. The molecular weight excluding hydrogens is 289 g/mol. The molecule has 0 amide bonds. The van der Waals surface area contributed by atoms with Crippen LogP contribution in [0.1, 0.15) is 11.1 Å². The molecule has 0 radical (unpaired) electrons. The molecule has 0 N–H and O–H groups in total. The molecule has 1 heterocycles. The van der Waals surface area contributed by atoms with Gasteiger partial charge in [-0.2, -0.15) is 13.2 Å². The maximum atomic E-state index is 13.5. The number of hydrogen-bond donors (Lipinski definition) is 0. The van der Waals surface area contributed by atoms with E-state index in [0.29, 0.717) is 11.1 Å². The number of fused-ring (bicyclic) bond motifs is 1. The van der Waals surface area contributed by atoms with Crippen LogP contribution in [0.3, 0.4) is 0 Å². The molecule has 0 aromatic heterocycles. The van der Waals surface area contributed by atoms with Crippen molar-refractivity contribution in [3.63, 3.8) is 0 Å². The Morgan fingerprint density at radius 2 is 1.59 bits per heavy atom. The molecule has 1 atom stereocenters. The first-order valence-corrected chi connectivity index (χ1v) is 6.62. The Balaban J connectivity index is 2.05. The molecule has 1 aliphatic rings. The highest BCUT2D eigenvalue weighted by Gasteiger charge is 2.56. The smallest absolute Gasteiger partial charge is 0.444 e. The van der Waals surface area contributed by atoms with Gasteiger partial charge in [-0.25, -0.2) is 0 Å². The second-order valence-corrected chi connectivity index (χ2v) is 4.82. The van der Waals surface area contributed by atoms with Crippen LogP contribution < -0.4 is 4.74 Å². The van der Waals surface area contributed by atoms with Gasteiger partial charge in [0.25, 0.3) is 5.60 Å². The fourth-order valence-electron chi connectivity index (χ4n) is 2.10. The maximum Gasteiger partial charge on any atom is 0.444 e. The van der Waals surface area contributed by atoms with Crippen molar-refractivity contribution in [1.82, 2.24) is 0 Å². The number of para-hydroxylation sites is 1. The predicted molar refractivity (Wildman–Crippen MR) is 78.2 cm³/mol. The Morgan fingerprint density at radius 1 is 0.909 bits per heavy atom. The minimum absolute atomic E-state index is 0.171. The van der Waals surface area contributed by atoms with Crippen molar-refractivity contribution in [2.45, 2.75) is 11.8 Å². The SMILES string of the molecule is FC(F)(F)C1(C#Cc2ccccc2)C=Cc2ccccc2O1. The number of hydrogen-bond acceptors (Lipinski definition) is 1. The molecule has 0 spiro atoms. The highest BCUT2D eigenvalue weighted by atomic mass is 19.4. The zero-order valence-corrected chi connectivity index (χ0v) is 11.4. The quantitative estimate of drug-likeness (QED) is 0.653. The third kappa shape index (κ3) is 2.58. The molecule has 0 bridgehead atoms. The van der Waals surface area contributed by atoms with Gasteiger partial charge in [0.1, 0.15) is 5.75 Å². The van der Waals surface area contributed by atoms with E-state index in [4.69, 9.17) is 4.74 Å². The lowest BCUT2D eigenvalue weighted by molar-refractivity contribution is -0.207. The van der Waals surface area contributed by atoms with E-state index in [-0.39, 0.29) is 5.75 Å². The average Bonchev–Trinajstić information content (AvgIpc) is 2.52. The highest BCUT2D eigenvalue weighted by molar-refractivity contribution is 5.63. The Labute approximate surface area is 126 Å². The van der Waals surface area contributed by atoms with Crippen molar-refractivity contribution < 1.29 is 17.9 Å². The summed E-state index contributed by atoms with van der Waals surface area (Å²) in [6.07, 6.45) is -2.28. The van der Waals surface area contributed by atoms with Gasteiger partial charge in [0.15, 0.2) is 0 Å². The topological polar surface area (TPSA) is 9.23 Å². The Morgan fingerprint density at radius 3 is 2.32 bits per heavy atom. The summed E-state index contributed by atoms with van der Waals surface area (Å²) in [5, 5.41) is 0. The first-order chi connectivity index (χ1) is 10.5. The van der Waals surface area contributed by atoms with Crippen molar-refractivity contribution >= 4 is 6.08 Å². The van der Waals surface area contributed by atoms with Crippen molar-refractivity contribution in [3.05, 3.63) is 71.8 Å². The van der Waals surface area contributed by atoms with Gasteiger partial charge in [-0.1, -0.05) is 42.3 Å². The minimum atomic E-state index is -4.64. The molecule has 22 heavy (non-hydrogen) atoms. The second-order valence-electron chi connectivity index (χ2n) is 4.82.